The number of pyridine rings is 1. The number of hydrogen-bond acceptors (Lipinski definition) is 6. The van der Waals surface area contributed by atoms with Crippen LogP contribution >= 0.6 is 11.6 Å². The predicted octanol–water partition coefficient (Wildman–Crippen LogP) is 4.53. The van der Waals surface area contributed by atoms with E-state index in [0.29, 0.717) is 0 Å². The molecule has 1 amide bonds. The van der Waals surface area contributed by atoms with Gasteiger partial charge in [-0.25, -0.2) is 8.78 Å². The first-order chi connectivity index (χ1) is 15.2. The van der Waals surface area contributed by atoms with E-state index in [9.17, 15) is 31.9 Å². The van der Waals surface area contributed by atoms with Crippen LogP contribution in [0.4, 0.5) is 22.0 Å². The summed E-state index contributed by atoms with van der Waals surface area (Å²) in [5.41, 5.74) is -4.14. The van der Waals surface area contributed by atoms with Gasteiger partial charge in [0.1, 0.15) is 11.6 Å². The van der Waals surface area contributed by atoms with Gasteiger partial charge >= 0.3 is 6.18 Å². The first-order valence-corrected chi connectivity index (χ1v) is 9.65. The molecule has 13 heteroatoms. The third kappa shape index (κ3) is 4.81. The zero-order chi connectivity index (χ0) is 24.7. The highest BCUT2D eigenvalue weighted by Gasteiger charge is 2.56. The van der Waals surface area contributed by atoms with Crippen molar-refractivity contribution in [2.24, 2.45) is 0 Å². The van der Waals surface area contributed by atoms with E-state index in [-0.39, 0.29) is 40.4 Å². The van der Waals surface area contributed by atoms with Gasteiger partial charge in [0, 0.05) is 22.3 Å². The molecule has 2 atom stereocenters. The molecule has 0 saturated heterocycles. The van der Waals surface area contributed by atoms with Crippen LogP contribution in [0.5, 0.6) is 0 Å². The number of aliphatic hydroxyl groups is 1. The Morgan fingerprint density at radius 2 is 1.88 bits per heavy atom. The lowest BCUT2D eigenvalue weighted by atomic mass is 9.99. The van der Waals surface area contributed by atoms with Crippen LogP contribution in [0, 0.1) is 18.6 Å². The van der Waals surface area contributed by atoms with Crippen molar-refractivity contribution in [1.29, 1.82) is 0 Å². The number of carbonyl (C=O) groups excluding carboxylic acids is 1. The molecule has 0 radical (unpaired) electrons. The van der Waals surface area contributed by atoms with Gasteiger partial charge in [-0.05, 0) is 39.0 Å². The Morgan fingerprint density at radius 3 is 2.42 bits per heavy atom. The van der Waals surface area contributed by atoms with Gasteiger partial charge in [0.2, 0.25) is 5.60 Å². The Morgan fingerprint density at radius 1 is 1.21 bits per heavy atom. The van der Waals surface area contributed by atoms with Crippen molar-refractivity contribution < 1.29 is 36.4 Å². The molecule has 7 nitrogen and oxygen atoms in total. The van der Waals surface area contributed by atoms with Crippen LogP contribution in [0.15, 0.2) is 28.9 Å². The summed E-state index contributed by atoms with van der Waals surface area (Å²) in [5.74, 6) is -3.57. The van der Waals surface area contributed by atoms with E-state index in [1.807, 2.05) is 5.32 Å². The molecule has 0 bridgehead atoms. The van der Waals surface area contributed by atoms with Crippen LogP contribution in [0.2, 0.25) is 5.02 Å². The molecule has 2 heterocycles. The lowest BCUT2D eigenvalue weighted by Crippen LogP contribution is -2.55. The lowest BCUT2D eigenvalue weighted by Gasteiger charge is -2.26. The van der Waals surface area contributed by atoms with Crippen LogP contribution < -0.4 is 5.32 Å². The molecule has 2 aromatic heterocycles. The van der Waals surface area contributed by atoms with E-state index in [1.165, 1.54) is 19.9 Å². The van der Waals surface area contributed by atoms with Gasteiger partial charge in [0.05, 0.1) is 17.3 Å². The van der Waals surface area contributed by atoms with Crippen LogP contribution in [0.25, 0.3) is 22.6 Å². The number of aromatic nitrogens is 3. The standard InChI is InChI=1S/C20H16ClF5N4O3/c1-8(28-18(31)19(3,32)20(24,25)26)16-14(23)4-10(7-27-16)12-5-11(21)6-13(22)15(12)17-29-9(2)30-33-17/h4-8,32H,1-3H3,(H,28,31)/t8-,19-/m1/s1. The highest BCUT2D eigenvalue weighted by Crippen LogP contribution is 2.37. The van der Waals surface area contributed by atoms with Gasteiger partial charge < -0.3 is 14.9 Å². The summed E-state index contributed by atoms with van der Waals surface area (Å²) in [4.78, 5) is 19.7. The zero-order valence-electron chi connectivity index (χ0n) is 17.3. The maximum atomic E-state index is 14.8. The Balaban J connectivity index is 1.97. The number of nitrogens with zero attached hydrogens (tertiary/aromatic N) is 3. The van der Waals surface area contributed by atoms with E-state index < -0.39 is 41.1 Å². The molecule has 0 spiro atoms. The van der Waals surface area contributed by atoms with Gasteiger partial charge in [-0.15, -0.1) is 0 Å². The largest absolute Gasteiger partial charge is 0.426 e. The molecule has 1 aromatic carbocycles. The Bertz CT molecular complexity index is 1210. The number of hydrogen-bond donors (Lipinski definition) is 2. The number of halogens is 6. The summed E-state index contributed by atoms with van der Waals surface area (Å²) in [5, 5.41) is 14.9. The van der Waals surface area contributed by atoms with Gasteiger partial charge in [-0.1, -0.05) is 16.8 Å². The Kier molecular flexibility index (Phi) is 6.44. The predicted molar refractivity (Wildman–Crippen MR) is 106 cm³/mol. The Labute approximate surface area is 188 Å². The van der Waals surface area contributed by atoms with Crippen LogP contribution in [0.3, 0.4) is 0 Å². The first kappa shape index (κ1) is 24.5. The second-order valence-corrected chi connectivity index (χ2v) is 7.75. The molecular weight excluding hydrogens is 475 g/mol. The Hall–Kier alpha value is -3.12. The molecule has 0 fully saturated rings. The van der Waals surface area contributed by atoms with E-state index in [4.69, 9.17) is 16.1 Å². The van der Waals surface area contributed by atoms with Gasteiger partial charge in [0.25, 0.3) is 11.8 Å². The molecule has 33 heavy (non-hydrogen) atoms. The van der Waals surface area contributed by atoms with Crippen molar-refractivity contribution in [3.05, 3.63) is 52.6 Å². The minimum atomic E-state index is -5.24. The van der Waals surface area contributed by atoms with Crippen LogP contribution in [-0.4, -0.2) is 37.9 Å². The van der Waals surface area contributed by atoms with Crippen molar-refractivity contribution >= 4 is 17.5 Å². The van der Waals surface area contributed by atoms with Gasteiger partial charge in [-0.2, -0.15) is 18.2 Å². The number of alkyl halides is 3. The van der Waals surface area contributed by atoms with E-state index in [1.54, 1.807) is 0 Å². The minimum Gasteiger partial charge on any atom is -0.373 e. The molecule has 0 saturated carbocycles. The highest BCUT2D eigenvalue weighted by molar-refractivity contribution is 6.31. The summed E-state index contributed by atoms with van der Waals surface area (Å²) < 4.78 is 73.0. The van der Waals surface area contributed by atoms with Crippen molar-refractivity contribution in [3.8, 4) is 22.6 Å². The summed E-state index contributed by atoms with van der Waals surface area (Å²) in [7, 11) is 0. The molecule has 2 N–H and O–H groups in total. The lowest BCUT2D eigenvalue weighted by molar-refractivity contribution is -0.245. The third-order valence-corrected chi connectivity index (χ3v) is 4.95. The zero-order valence-corrected chi connectivity index (χ0v) is 18.0. The molecule has 3 rings (SSSR count). The van der Waals surface area contributed by atoms with Crippen molar-refractivity contribution in [2.75, 3.05) is 0 Å². The average molecular weight is 491 g/mol. The maximum Gasteiger partial charge on any atom is 0.426 e. The maximum absolute atomic E-state index is 14.8. The smallest absolute Gasteiger partial charge is 0.373 e. The fraction of sp³-hybridized carbons (Fsp3) is 0.300. The SMILES string of the molecule is Cc1noc(-c2c(F)cc(Cl)cc2-c2cnc([C@@H](C)NC(=O)[C@@](C)(O)C(F)(F)F)c(F)c2)n1. The molecule has 0 unspecified atom stereocenters. The molecule has 3 aromatic rings. The third-order valence-electron chi connectivity index (χ3n) is 4.73. The van der Waals surface area contributed by atoms with E-state index in [2.05, 4.69) is 15.1 Å². The first-order valence-electron chi connectivity index (χ1n) is 9.28. The summed E-state index contributed by atoms with van der Waals surface area (Å²) >= 11 is 5.94. The summed E-state index contributed by atoms with van der Waals surface area (Å²) in [6, 6.07) is 1.92. The fourth-order valence-corrected chi connectivity index (χ4v) is 3.07. The molecule has 0 aliphatic carbocycles. The molecule has 0 aliphatic heterocycles. The number of amides is 1. The molecule has 176 valence electrons. The number of nitrogens with one attached hydrogen (secondary N) is 1. The van der Waals surface area contributed by atoms with Crippen LogP contribution in [0.1, 0.15) is 31.4 Å². The average Bonchev–Trinajstić information content (AvgIpc) is 3.11. The minimum absolute atomic E-state index is 0.0121. The van der Waals surface area contributed by atoms with Crippen LogP contribution in [-0.2, 0) is 4.79 Å². The monoisotopic (exact) mass is 490 g/mol. The van der Waals surface area contributed by atoms with Gasteiger partial charge in [-0.3, -0.25) is 9.78 Å². The fourth-order valence-electron chi connectivity index (χ4n) is 2.87. The number of carbonyl (C=O) groups is 1. The van der Waals surface area contributed by atoms with Crippen molar-refractivity contribution in [2.45, 2.75) is 38.6 Å². The quantitative estimate of drug-likeness (QED) is 0.510. The number of aryl methyl sites for hydroxylation is 1. The highest BCUT2D eigenvalue weighted by atomic mass is 35.5. The summed E-state index contributed by atoms with van der Waals surface area (Å²) in [6.07, 6.45) is -4.13. The van der Waals surface area contributed by atoms with Crippen molar-refractivity contribution in [1.82, 2.24) is 20.4 Å². The topological polar surface area (TPSA) is 101 Å². The normalized spacial score (nSPS) is 14.6. The number of benzene rings is 1. The molecule has 0 aliphatic rings. The second-order valence-electron chi connectivity index (χ2n) is 7.31. The number of rotatable bonds is 5. The summed E-state index contributed by atoms with van der Waals surface area (Å²) in [6.45, 7) is 2.97. The second kappa shape index (κ2) is 8.67. The van der Waals surface area contributed by atoms with Crippen molar-refractivity contribution in [3.63, 3.8) is 0 Å². The van der Waals surface area contributed by atoms with E-state index >= 15 is 0 Å². The van der Waals surface area contributed by atoms with Gasteiger partial charge in [0.15, 0.2) is 5.82 Å². The molecular formula is C20H16ClF5N4O3. The van der Waals surface area contributed by atoms with E-state index in [0.717, 1.165) is 18.3 Å².